The lowest BCUT2D eigenvalue weighted by atomic mass is 10.1. The standard InChI is InChI=1S/C13H23N3O2/c1-2-3-4-5-6-7-8-9-10-18-16-12(11-14)13(15)17/h2-10H2,1H3,(H2,15,17). The number of amides is 1. The smallest absolute Gasteiger partial charge is 0.281 e. The van der Waals surface area contributed by atoms with Crippen LogP contribution in [0, 0.1) is 11.3 Å². The van der Waals surface area contributed by atoms with Gasteiger partial charge in [0.1, 0.15) is 12.7 Å². The number of unbranched alkanes of at least 4 members (excludes halogenated alkanes) is 7. The number of nitriles is 1. The molecule has 0 rings (SSSR count). The summed E-state index contributed by atoms with van der Waals surface area (Å²) in [5.74, 6) is -0.853. The lowest BCUT2D eigenvalue weighted by Crippen LogP contribution is -2.21. The van der Waals surface area contributed by atoms with Crippen LogP contribution in [-0.4, -0.2) is 18.2 Å². The minimum atomic E-state index is -0.853. The van der Waals surface area contributed by atoms with Crippen LogP contribution in [0.15, 0.2) is 5.16 Å². The first kappa shape index (κ1) is 16.4. The first-order chi connectivity index (χ1) is 8.72. The van der Waals surface area contributed by atoms with Crippen molar-refractivity contribution in [2.45, 2.75) is 58.3 Å². The van der Waals surface area contributed by atoms with E-state index in [9.17, 15) is 4.79 Å². The molecule has 0 bridgehead atoms. The average molecular weight is 253 g/mol. The van der Waals surface area contributed by atoms with Gasteiger partial charge >= 0.3 is 0 Å². The number of oxime groups is 1. The van der Waals surface area contributed by atoms with Crippen molar-refractivity contribution in [1.29, 1.82) is 5.26 Å². The van der Waals surface area contributed by atoms with E-state index in [1.54, 1.807) is 6.07 Å². The van der Waals surface area contributed by atoms with Crippen LogP contribution in [0.4, 0.5) is 0 Å². The quantitative estimate of drug-likeness (QED) is 0.348. The Morgan fingerprint density at radius 1 is 1.17 bits per heavy atom. The Kier molecular flexibility index (Phi) is 10.9. The average Bonchev–Trinajstić information content (AvgIpc) is 2.35. The topological polar surface area (TPSA) is 88.5 Å². The van der Waals surface area contributed by atoms with Crippen molar-refractivity contribution < 1.29 is 9.63 Å². The highest BCUT2D eigenvalue weighted by atomic mass is 16.6. The molecular weight excluding hydrogens is 230 g/mol. The highest BCUT2D eigenvalue weighted by Crippen LogP contribution is 2.08. The summed E-state index contributed by atoms with van der Waals surface area (Å²) in [7, 11) is 0. The van der Waals surface area contributed by atoms with Gasteiger partial charge in [0.05, 0.1) is 0 Å². The van der Waals surface area contributed by atoms with Gasteiger partial charge in [0.25, 0.3) is 5.91 Å². The molecule has 0 saturated heterocycles. The summed E-state index contributed by atoms with van der Waals surface area (Å²) in [6, 6.07) is 1.58. The van der Waals surface area contributed by atoms with Gasteiger partial charge in [-0.1, -0.05) is 50.6 Å². The second-order valence-corrected chi connectivity index (χ2v) is 4.22. The maximum Gasteiger partial charge on any atom is 0.281 e. The van der Waals surface area contributed by atoms with Gasteiger partial charge in [-0.15, -0.1) is 0 Å². The summed E-state index contributed by atoms with van der Waals surface area (Å²) in [6.07, 6.45) is 9.63. The number of nitrogens with zero attached hydrogens (tertiary/aromatic N) is 2. The Morgan fingerprint density at radius 3 is 2.22 bits per heavy atom. The fourth-order valence-electron chi connectivity index (χ4n) is 1.53. The summed E-state index contributed by atoms with van der Waals surface area (Å²) in [5.41, 5.74) is 4.52. The van der Waals surface area contributed by atoms with Crippen LogP contribution in [0.25, 0.3) is 0 Å². The second-order valence-electron chi connectivity index (χ2n) is 4.22. The van der Waals surface area contributed by atoms with Crippen LogP contribution in [0.1, 0.15) is 58.3 Å². The van der Waals surface area contributed by atoms with Gasteiger partial charge in [-0.3, -0.25) is 4.79 Å². The predicted octanol–water partition coefficient (Wildman–Crippen LogP) is 2.51. The normalized spacial score (nSPS) is 11.0. The third-order valence-corrected chi connectivity index (χ3v) is 2.58. The van der Waals surface area contributed by atoms with Gasteiger partial charge in [0.2, 0.25) is 5.71 Å². The van der Waals surface area contributed by atoms with Crippen molar-refractivity contribution in [2.24, 2.45) is 10.9 Å². The maximum absolute atomic E-state index is 10.6. The minimum absolute atomic E-state index is 0.380. The molecule has 5 nitrogen and oxygen atoms in total. The van der Waals surface area contributed by atoms with E-state index in [1.807, 2.05) is 0 Å². The van der Waals surface area contributed by atoms with E-state index in [0.717, 1.165) is 12.8 Å². The minimum Gasteiger partial charge on any atom is -0.395 e. The molecule has 1 amide bonds. The molecule has 0 spiro atoms. The molecule has 0 aliphatic rings. The molecule has 0 atom stereocenters. The molecule has 0 heterocycles. The number of carbonyl (C=O) groups is 1. The van der Waals surface area contributed by atoms with E-state index in [4.69, 9.17) is 15.8 Å². The van der Waals surface area contributed by atoms with Gasteiger partial charge in [-0.25, -0.2) is 0 Å². The number of carbonyl (C=O) groups excluding carboxylic acids is 1. The van der Waals surface area contributed by atoms with E-state index >= 15 is 0 Å². The number of rotatable bonds is 11. The van der Waals surface area contributed by atoms with Crippen molar-refractivity contribution >= 4 is 11.6 Å². The largest absolute Gasteiger partial charge is 0.395 e. The molecule has 18 heavy (non-hydrogen) atoms. The van der Waals surface area contributed by atoms with Crippen LogP contribution in [-0.2, 0) is 9.63 Å². The van der Waals surface area contributed by atoms with E-state index in [-0.39, 0.29) is 5.71 Å². The van der Waals surface area contributed by atoms with Crippen molar-refractivity contribution in [3.63, 3.8) is 0 Å². The molecule has 0 aliphatic carbocycles. The number of primary amides is 1. The summed E-state index contributed by atoms with van der Waals surface area (Å²) < 4.78 is 0. The fraction of sp³-hybridized carbons (Fsp3) is 0.769. The Morgan fingerprint density at radius 2 is 1.72 bits per heavy atom. The summed E-state index contributed by atoms with van der Waals surface area (Å²) in [6.45, 7) is 2.63. The third-order valence-electron chi connectivity index (χ3n) is 2.58. The van der Waals surface area contributed by atoms with Crippen LogP contribution in [0.2, 0.25) is 0 Å². The van der Waals surface area contributed by atoms with Crippen LogP contribution < -0.4 is 5.73 Å². The molecule has 0 saturated carbocycles. The van der Waals surface area contributed by atoms with Gasteiger partial charge in [0.15, 0.2) is 0 Å². The fourth-order valence-corrected chi connectivity index (χ4v) is 1.53. The monoisotopic (exact) mass is 253 g/mol. The zero-order valence-corrected chi connectivity index (χ0v) is 11.2. The Bertz CT molecular complexity index is 295. The molecule has 2 N–H and O–H groups in total. The second kappa shape index (κ2) is 11.9. The number of hydrogen-bond donors (Lipinski definition) is 1. The van der Waals surface area contributed by atoms with E-state index < -0.39 is 5.91 Å². The Balaban J connectivity index is 3.36. The number of nitrogens with two attached hydrogens (primary N) is 1. The predicted molar refractivity (Wildman–Crippen MR) is 70.8 cm³/mol. The maximum atomic E-state index is 10.6. The van der Waals surface area contributed by atoms with E-state index in [2.05, 4.69) is 12.1 Å². The van der Waals surface area contributed by atoms with Crippen LogP contribution in [0.5, 0.6) is 0 Å². The SMILES string of the molecule is CCCCCCCCCCON=C(C#N)C(N)=O. The lowest BCUT2D eigenvalue weighted by molar-refractivity contribution is -0.112. The van der Waals surface area contributed by atoms with E-state index in [0.29, 0.717) is 6.61 Å². The highest BCUT2D eigenvalue weighted by molar-refractivity contribution is 6.44. The molecule has 5 heteroatoms. The van der Waals surface area contributed by atoms with Crippen molar-refractivity contribution in [3.05, 3.63) is 0 Å². The zero-order chi connectivity index (χ0) is 13.6. The Labute approximate surface area is 109 Å². The molecular formula is C13H23N3O2. The first-order valence-electron chi connectivity index (χ1n) is 6.62. The number of hydrogen-bond acceptors (Lipinski definition) is 4. The van der Waals surface area contributed by atoms with Crippen molar-refractivity contribution in [1.82, 2.24) is 0 Å². The lowest BCUT2D eigenvalue weighted by Gasteiger charge is -2.01. The van der Waals surface area contributed by atoms with Crippen LogP contribution >= 0.6 is 0 Å². The molecule has 0 fully saturated rings. The molecule has 102 valence electrons. The van der Waals surface area contributed by atoms with E-state index in [1.165, 1.54) is 38.5 Å². The van der Waals surface area contributed by atoms with Gasteiger partial charge < -0.3 is 10.6 Å². The van der Waals surface area contributed by atoms with Gasteiger partial charge in [0, 0.05) is 0 Å². The van der Waals surface area contributed by atoms with Gasteiger partial charge in [-0.05, 0) is 12.8 Å². The molecule has 0 radical (unpaired) electrons. The molecule has 0 aromatic rings. The summed E-state index contributed by atoms with van der Waals surface area (Å²) in [5, 5.41) is 11.9. The molecule has 0 aliphatic heterocycles. The molecule has 0 unspecified atom stereocenters. The summed E-state index contributed by atoms with van der Waals surface area (Å²) in [4.78, 5) is 15.5. The van der Waals surface area contributed by atoms with Crippen molar-refractivity contribution in [3.8, 4) is 6.07 Å². The zero-order valence-electron chi connectivity index (χ0n) is 11.2. The first-order valence-corrected chi connectivity index (χ1v) is 6.62. The molecule has 0 aromatic carbocycles. The highest BCUT2D eigenvalue weighted by Gasteiger charge is 2.05. The summed E-state index contributed by atoms with van der Waals surface area (Å²) >= 11 is 0. The van der Waals surface area contributed by atoms with Crippen molar-refractivity contribution in [2.75, 3.05) is 6.61 Å². The molecule has 0 aromatic heterocycles. The third kappa shape index (κ3) is 9.64. The van der Waals surface area contributed by atoms with Crippen LogP contribution in [0.3, 0.4) is 0 Å². The van der Waals surface area contributed by atoms with Gasteiger partial charge in [-0.2, -0.15) is 5.26 Å². The Hall–Kier alpha value is -1.57.